The van der Waals surface area contributed by atoms with Crippen molar-refractivity contribution in [3.8, 4) is 11.5 Å². The Morgan fingerprint density at radius 3 is 2.81 bits per heavy atom. The van der Waals surface area contributed by atoms with Crippen LogP contribution in [0.2, 0.25) is 5.02 Å². The number of nitrogens with zero attached hydrogens (tertiary/aromatic N) is 3. The molecule has 6 rings (SSSR count). The van der Waals surface area contributed by atoms with Crippen molar-refractivity contribution in [1.82, 2.24) is 14.8 Å². The number of aromatic nitrogens is 3. The summed E-state index contributed by atoms with van der Waals surface area (Å²) in [6.45, 7) is 0. The Labute approximate surface area is 187 Å². The minimum atomic E-state index is -0.263. The topological polar surface area (TPSA) is 61.2 Å². The second kappa shape index (κ2) is 7.14. The van der Waals surface area contributed by atoms with Gasteiger partial charge in [0.2, 0.25) is 5.95 Å². The van der Waals surface area contributed by atoms with Crippen LogP contribution in [0, 0.1) is 0 Å². The summed E-state index contributed by atoms with van der Waals surface area (Å²) in [5, 5.41) is 10.7. The molecule has 0 amide bonds. The second-order valence-electron chi connectivity index (χ2n) is 7.31. The average Bonchev–Trinajstić information content (AvgIpc) is 3.49. The number of methoxy groups -OCH3 is 1. The normalized spacial score (nSPS) is 19.0. The van der Waals surface area contributed by atoms with Crippen molar-refractivity contribution in [2.45, 2.75) is 12.1 Å². The molecule has 0 spiro atoms. The van der Waals surface area contributed by atoms with Gasteiger partial charge >= 0.3 is 0 Å². The van der Waals surface area contributed by atoms with Crippen molar-refractivity contribution >= 4 is 34.6 Å². The van der Waals surface area contributed by atoms with Gasteiger partial charge in [0.25, 0.3) is 0 Å². The first-order chi connectivity index (χ1) is 15.2. The minimum absolute atomic E-state index is 0.195. The molecule has 8 heteroatoms. The Bertz CT molecular complexity index is 1300. The molecule has 31 heavy (non-hydrogen) atoms. The zero-order valence-electron chi connectivity index (χ0n) is 16.4. The van der Waals surface area contributed by atoms with Gasteiger partial charge in [0.1, 0.15) is 23.9 Å². The fourth-order valence-corrected chi connectivity index (χ4v) is 5.17. The molecule has 0 aliphatic carbocycles. The molecule has 2 aliphatic heterocycles. The summed E-state index contributed by atoms with van der Waals surface area (Å²) < 4.78 is 13.8. The highest BCUT2D eigenvalue weighted by Gasteiger charge is 2.41. The van der Waals surface area contributed by atoms with E-state index in [2.05, 4.69) is 39.0 Å². The van der Waals surface area contributed by atoms with Gasteiger partial charge in [-0.15, -0.1) is 11.3 Å². The van der Waals surface area contributed by atoms with Crippen molar-refractivity contribution in [1.29, 1.82) is 0 Å². The van der Waals surface area contributed by atoms with E-state index < -0.39 is 0 Å². The summed E-state index contributed by atoms with van der Waals surface area (Å²) in [7, 11) is 1.66. The molecule has 4 aromatic rings. The van der Waals surface area contributed by atoms with Gasteiger partial charge < -0.3 is 14.8 Å². The molecule has 2 aromatic carbocycles. The van der Waals surface area contributed by atoms with Crippen LogP contribution in [0.1, 0.15) is 28.1 Å². The highest BCUT2D eigenvalue weighted by Crippen LogP contribution is 2.51. The van der Waals surface area contributed by atoms with Crippen LogP contribution in [0.4, 0.5) is 5.95 Å². The SMILES string of the molecule is COc1ccc([C@H]2C3=C(Nc4ncnn42)c2cc(Cl)ccc2O[C@@H]3c2cccs2)cc1. The third-order valence-electron chi connectivity index (χ3n) is 5.61. The van der Waals surface area contributed by atoms with E-state index in [0.717, 1.165) is 38.8 Å². The molecule has 0 saturated carbocycles. The number of hydrogen-bond acceptors (Lipinski definition) is 6. The Morgan fingerprint density at radius 2 is 2.03 bits per heavy atom. The highest BCUT2D eigenvalue weighted by atomic mass is 35.5. The molecule has 4 heterocycles. The maximum absolute atomic E-state index is 6.56. The molecule has 2 aromatic heterocycles. The predicted octanol–water partition coefficient (Wildman–Crippen LogP) is 5.56. The first-order valence-corrected chi connectivity index (χ1v) is 11.0. The molecule has 0 radical (unpaired) electrons. The molecule has 2 atom stereocenters. The Kier molecular flexibility index (Phi) is 4.26. The van der Waals surface area contributed by atoms with E-state index in [4.69, 9.17) is 21.1 Å². The maximum Gasteiger partial charge on any atom is 0.226 e. The van der Waals surface area contributed by atoms with Gasteiger partial charge in [0, 0.05) is 21.0 Å². The third-order valence-corrected chi connectivity index (χ3v) is 6.76. The zero-order valence-corrected chi connectivity index (χ0v) is 18.0. The van der Waals surface area contributed by atoms with Crippen LogP contribution in [0.5, 0.6) is 11.5 Å². The van der Waals surface area contributed by atoms with Crippen molar-refractivity contribution in [2.24, 2.45) is 0 Å². The lowest BCUT2D eigenvalue weighted by atomic mass is 9.86. The number of halogens is 1. The predicted molar refractivity (Wildman–Crippen MR) is 121 cm³/mol. The zero-order chi connectivity index (χ0) is 20.9. The van der Waals surface area contributed by atoms with Gasteiger partial charge in [-0.1, -0.05) is 29.8 Å². The van der Waals surface area contributed by atoms with Crippen molar-refractivity contribution in [2.75, 3.05) is 12.4 Å². The van der Waals surface area contributed by atoms with Crippen LogP contribution >= 0.6 is 22.9 Å². The summed E-state index contributed by atoms with van der Waals surface area (Å²) >= 11 is 8.03. The van der Waals surface area contributed by atoms with E-state index in [1.165, 1.54) is 0 Å². The largest absolute Gasteiger partial charge is 0.497 e. The number of benzene rings is 2. The van der Waals surface area contributed by atoms with E-state index in [-0.39, 0.29) is 12.1 Å². The molecule has 2 aliphatic rings. The summed E-state index contributed by atoms with van der Waals surface area (Å²) in [5.41, 5.74) is 4.02. The van der Waals surface area contributed by atoms with Crippen molar-refractivity contribution in [3.05, 3.63) is 92.9 Å². The lowest BCUT2D eigenvalue weighted by molar-refractivity contribution is 0.226. The standard InChI is InChI=1S/C23H17ClN4O2S/c1-29-15-7-4-13(5-8-15)21-19-20(27-23-25-12-26-28(21)23)16-11-14(24)6-9-17(16)30-22(19)18-3-2-10-31-18/h2-12,21-22H,1H3,(H,25,26,27)/t21-,22+/m0/s1. The number of fused-ring (bicyclic) bond motifs is 3. The minimum Gasteiger partial charge on any atom is -0.497 e. The van der Waals surface area contributed by atoms with E-state index in [1.54, 1.807) is 24.8 Å². The lowest BCUT2D eigenvalue weighted by Crippen LogP contribution is -2.32. The van der Waals surface area contributed by atoms with Gasteiger partial charge in [-0.25, -0.2) is 4.68 Å². The second-order valence-corrected chi connectivity index (χ2v) is 8.73. The van der Waals surface area contributed by atoms with Gasteiger partial charge in [-0.2, -0.15) is 10.1 Å². The lowest BCUT2D eigenvalue weighted by Gasteiger charge is -2.38. The molecule has 0 fully saturated rings. The molecule has 1 N–H and O–H groups in total. The van der Waals surface area contributed by atoms with Crippen LogP contribution < -0.4 is 14.8 Å². The monoisotopic (exact) mass is 448 g/mol. The van der Waals surface area contributed by atoms with Gasteiger partial charge in [-0.05, 0) is 47.3 Å². The van der Waals surface area contributed by atoms with E-state index in [0.29, 0.717) is 11.0 Å². The molecule has 0 unspecified atom stereocenters. The number of thiophene rings is 1. The molecule has 0 saturated heterocycles. The van der Waals surface area contributed by atoms with Crippen molar-refractivity contribution < 1.29 is 9.47 Å². The summed E-state index contributed by atoms with van der Waals surface area (Å²) in [4.78, 5) is 5.57. The van der Waals surface area contributed by atoms with E-state index >= 15 is 0 Å². The van der Waals surface area contributed by atoms with E-state index in [9.17, 15) is 0 Å². The van der Waals surface area contributed by atoms with Crippen LogP contribution in [-0.4, -0.2) is 21.9 Å². The Hall–Kier alpha value is -3.29. The number of ether oxygens (including phenoxy) is 2. The third kappa shape index (κ3) is 2.92. The smallest absolute Gasteiger partial charge is 0.226 e. The van der Waals surface area contributed by atoms with Crippen LogP contribution in [-0.2, 0) is 0 Å². The number of nitrogens with one attached hydrogen (secondary N) is 1. The molecule has 154 valence electrons. The van der Waals surface area contributed by atoms with Gasteiger partial charge in [0.05, 0.1) is 12.8 Å². The maximum atomic E-state index is 6.56. The molecular formula is C23H17ClN4O2S. The van der Waals surface area contributed by atoms with Crippen molar-refractivity contribution in [3.63, 3.8) is 0 Å². The van der Waals surface area contributed by atoms with E-state index in [1.807, 2.05) is 41.1 Å². The summed E-state index contributed by atoms with van der Waals surface area (Å²) in [6.07, 6.45) is 1.30. The first kappa shape index (κ1) is 18.5. The van der Waals surface area contributed by atoms with Crippen LogP contribution in [0.25, 0.3) is 5.70 Å². The van der Waals surface area contributed by atoms with Crippen LogP contribution in [0.15, 0.2) is 71.9 Å². The quantitative estimate of drug-likeness (QED) is 0.444. The van der Waals surface area contributed by atoms with Gasteiger partial charge in [-0.3, -0.25) is 0 Å². The summed E-state index contributed by atoms with van der Waals surface area (Å²) in [5.74, 6) is 2.27. The Morgan fingerprint density at radius 1 is 1.16 bits per heavy atom. The fourth-order valence-electron chi connectivity index (χ4n) is 4.23. The van der Waals surface area contributed by atoms with Crippen LogP contribution in [0.3, 0.4) is 0 Å². The summed E-state index contributed by atoms with van der Waals surface area (Å²) in [6, 6.07) is 17.7. The fraction of sp³-hybridized carbons (Fsp3) is 0.130. The number of hydrogen-bond donors (Lipinski definition) is 1. The number of rotatable bonds is 3. The molecule has 6 nitrogen and oxygen atoms in total. The highest BCUT2D eigenvalue weighted by molar-refractivity contribution is 7.10. The Balaban J connectivity index is 1.62. The first-order valence-electron chi connectivity index (χ1n) is 9.77. The van der Waals surface area contributed by atoms with Gasteiger partial charge in [0.15, 0.2) is 6.10 Å². The number of anilines is 1. The molecular weight excluding hydrogens is 432 g/mol. The average molecular weight is 449 g/mol. The molecule has 0 bridgehead atoms.